The number of thiazole rings is 1. The Bertz CT molecular complexity index is 514. The minimum Gasteiger partial charge on any atom is -0.314 e. The Hall–Kier alpha value is -0.520. The molecule has 2 aromatic rings. The second-order valence-electron chi connectivity index (χ2n) is 5.97. The van der Waals surface area contributed by atoms with Crippen molar-refractivity contribution in [1.82, 2.24) is 14.7 Å². The molecule has 0 radical (unpaired) electrons. The zero-order valence-electron chi connectivity index (χ0n) is 12.8. The summed E-state index contributed by atoms with van der Waals surface area (Å²) in [5.74, 6) is 3.61. The van der Waals surface area contributed by atoms with E-state index >= 15 is 0 Å². The molecule has 1 fully saturated rings. The molecule has 1 unspecified atom stereocenters. The van der Waals surface area contributed by atoms with Gasteiger partial charge in [0.25, 0.3) is 0 Å². The van der Waals surface area contributed by atoms with Crippen molar-refractivity contribution in [2.45, 2.75) is 45.1 Å². The van der Waals surface area contributed by atoms with Crippen molar-refractivity contribution < 1.29 is 0 Å². The molecule has 0 aliphatic carbocycles. The molecule has 3 rings (SSSR count). The number of nitrogens with zero attached hydrogens (tertiary/aromatic N) is 2. The average Bonchev–Trinajstić information content (AvgIpc) is 3.07. The van der Waals surface area contributed by atoms with Crippen molar-refractivity contribution in [1.29, 1.82) is 0 Å². The molecule has 0 spiro atoms. The Kier molecular flexibility index (Phi) is 5.61. The van der Waals surface area contributed by atoms with Crippen LogP contribution in [0.2, 0.25) is 0 Å². The summed E-state index contributed by atoms with van der Waals surface area (Å²) < 4.78 is 2.15. The first-order valence-corrected chi connectivity index (χ1v) is 10.1. The van der Waals surface area contributed by atoms with Crippen LogP contribution in [0.4, 0.5) is 0 Å². The largest absolute Gasteiger partial charge is 0.314 e. The number of thioether (sulfide) groups is 1. The molecule has 0 saturated carbocycles. The number of imidazole rings is 1. The maximum atomic E-state index is 4.75. The Morgan fingerprint density at radius 1 is 1.43 bits per heavy atom. The van der Waals surface area contributed by atoms with Gasteiger partial charge in [-0.25, -0.2) is 4.98 Å². The van der Waals surface area contributed by atoms with E-state index in [1.165, 1.54) is 42.9 Å². The summed E-state index contributed by atoms with van der Waals surface area (Å²) >= 11 is 3.83. The predicted octanol–water partition coefficient (Wildman–Crippen LogP) is 3.84. The summed E-state index contributed by atoms with van der Waals surface area (Å²) in [5.41, 5.74) is 1.24. The number of rotatable bonds is 7. The molecule has 0 amide bonds. The Balaban J connectivity index is 1.61. The van der Waals surface area contributed by atoms with Crippen LogP contribution < -0.4 is 5.32 Å². The van der Waals surface area contributed by atoms with Crippen molar-refractivity contribution in [3.05, 3.63) is 23.5 Å². The SMILES string of the molecule is CCCNC(Cc1cn2ccsc2n1)CC1CCSCC1. The first kappa shape index (κ1) is 15.4. The first-order chi connectivity index (χ1) is 10.3. The summed E-state index contributed by atoms with van der Waals surface area (Å²) in [6.07, 6.45) is 10.7. The summed E-state index contributed by atoms with van der Waals surface area (Å²) in [6.45, 7) is 3.36. The highest BCUT2D eigenvalue weighted by molar-refractivity contribution is 7.99. The normalized spacial score (nSPS) is 18.3. The van der Waals surface area contributed by atoms with Crippen LogP contribution in [-0.2, 0) is 6.42 Å². The third kappa shape index (κ3) is 4.24. The van der Waals surface area contributed by atoms with Crippen LogP contribution in [0.15, 0.2) is 17.8 Å². The summed E-state index contributed by atoms with van der Waals surface area (Å²) in [6, 6.07) is 0.586. The maximum Gasteiger partial charge on any atom is 0.193 e. The summed E-state index contributed by atoms with van der Waals surface area (Å²) in [4.78, 5) is 5.87. The lowest BCUT2D eigenvalue weighted by molar-refractivity contribution is 0.361. The summed E-state index contributed by atoms with van der Waals surface area (Å²) in [7, 11) is 0. The zero-order valence-corrected chi connectivity index (χ0v) is 14.4. The van der Waals surface area contributed by atoms with E-state index in [-0.39, 0.29) is 0 Å². The molecule has 5 heteroatoms. The molecule has 1 saturated heterocycles. The van der Waals surface area contributed by atoms with E-state index in [2.05, 4.69) is 46.2 Å². The van der Waals surface area contributed by atoms with Gasteiger partial charge < -0.3 is 5.32 Å². The van der Waals surface area contributed by atoms with Crippen molar-refractivity contribution in [2.24, 2.45) is 5.92 Å². The molecule has 0 bridgehead atoms. The third-order valence-electron chi connectivity index (χ3n) is 4.24. The van der Waals surface area contributed by atoms with Crippen LogP contribution in [-0.4, -0.2) is 33.5 Å². The molecule has 1 aliphatic rings. The smallest absolute Gasteiger partial charge is 0.193 e. The predicted molar refractivity (Wildman–Crippen MR) is 93.5 cm³/mol. The standard InChI is InChI=1S/C16H25N3S2/c1-2-5-17-14(10-13-3-7-20-8-4-13)11-15-12-19-6-9-21-16(19)18-15/h6,9,12-14,17H,2-5,7-8,10-11H2,1H3. The minimum absolute atomic E-state index is 0.586. The second-order valence-corrected chi connectivity index (χ2v) is 8.07. The van der Waals surface area contributed by atoms with Crippen LogP contribution in [0.25, 0.3) is 4.96 Å². The fourth-order valence-corrected chi connectivity index (χ4v) is 5.02. The number of fused-ring (bicyclic) bond motifs is 1. The van der Waals surface area contributed by atoms with E-state index < -0.39 is 0 Å². The Morgan fingerprint density at radius 3 is 3.05 bits per heavy atom. The van der Waals surface area contributed by atoms with Crippen molar-refractivity contribution in [2.75, 3.05) is 18.1 Å². The van der Waals surface area contributed by atoms with E-state index in [0.717, 1.165) is 23.8 Å². The van der Waals surface area contributed by atoms with Gasteiger partial charge in [-0.3, -0.25) is 4.40 Å². The van der Waals surface area contributed by atoms with E-state index in [4.69, 9.17) is 4.98 Å². The van der Waals surface area contributed by atoms with Gasteiger partial charge in [0.2, 0.25) is 0 Å². The van der Waals surface area contributed by atoms with Gasteiger partial charge in [-0.1, -0.05) is 6.92 Å². The van der Waals surface area contributed by atoms with E-state index in [9.17, 15) is 0 Å². The molecule has 21 heavy (non-hydrogen) atoms. The Morgan fingerprint density at radius 2 is 2.29 bits per heavy atom. The topological polar surface area (TPSA) is 29.3 Å². The lowest BCUT2D eigenvalue weighted by Gasteiger charge is -2.26. The van der Waals surface area contributed by atoms with Gasteiger partial charge in [-0.2, -0.15) is 11.8 Å². The van der Waals surface area contributed by atoms with Gasteiger partial charge >= 0.3 is 0 Å². The fourth-order valence-electron chi connectivity index (χ4n) is 3.10. The number of nitrogens with one attached hydrogen (secondary N) is 1. The highest BCUT2D eigenvalue weighted by atomic mass is 32.2. The molecule has 2 aromatic heterocycles. The van der Waals surface area contributed by atoms with Crippen molar-refractivity contribution in [3.8, 4) is 0 Å². The van der Waals surface area contributed by atoms with Crippen molar-refractivity contribution >= 4 is 28.1 Å². The van der Waals surface area contributed by atoms with Crippen LogP contribution in [0.3, 0.4) is 0 Å². The van der Waals surface area contributed by atoms with E-state index in [0.29, 0.717) is 6.04 Å². The molecule has 1 atom stereocenters. The molecule has 1 aliphatic heterocycles. The number of hydrogen-bond donors (Lipinski definition) is 1. The van der Waals surface area contributed by atoms with Gasteiger partial charge in [0.15, 0.2) is 4.96 Å². The maximum absolute atomic E-state index is 4.75. The van der Waals surface area contributed by atoms with Crippen LogP contribution >= 0.6 is 23.1 Å². The molecular formula is C16H25N3S2. The minimum atomic E-state index is 0.586. The second kappa shape index (κ2) is 7.65. The van der Waals surface area contributed by atoms with Crippen LogP contribution in [0, 0.1) is 5.92 Å². The van der Waals surface area contributed by atoms with Gasteiger partial charge in [-0.05, 0) is 49.7 Å². The van der Waals surface area contributed by atoms with Crippen molar-refractivity contribution in [3.63, 3.8) is 0 Å². The fraction of sp³-hybridized carbons (Fsp3) is 0.688. The lowest BCUT2D eigenvalue weighted by Crippen LogP contribution is -2.34. The number of hydrogen-bond acceptors (Lipinski definition) is 4. The highest BCUT2D eigenvalue weighted by Gasteiger charge is 2.20. The van der Waals surface area contributed by atoms with Gasteiger partial charge in [-0.15, -0.1) is 11.3 Å². The van der Waals surface area contributed by atoms with Gasteiger partial charge in [0.05, 0.1) is 5.69 Å². The van der Waals surface area contributed by atoms with Crippen LogP contribution in [0.5, 0.6) is 0 Å². The average molecular weight is 324 g/mol. The Labute approximate surface area is 135 Å². The number of aromatic nitrogens is 2. The molecule has 3 heterocycles. The molecule has 0 aromatic carbocycles. The monoisotopic (exact) mass is 323 g/mol. The van der Waals surface area contributed by atoms with Gasteiger partial charge in [0.1, 0.15) is 0 Å². The van der Waals surface area contributed by atoms with Gasteiger partial charge in [0, 0.05) is 30.2 Å². The van der Waals surface area contributed by atoms with E-state index in [1.54, 1.807) is 11.3 Å². The van der Waals surface area contributed by atoms with E-state index in [1.807, 2.05) is 0 Å². The van der Waals surface area contributed by atoms with Crippen LogP contribution in [0.1, 0.15) is 38.3 Å². The molecule has 116 valence electrons. The summed E-state index contributed by atoms with van der Waals surface area (Å²) in [5, 5.41) is 5.84. The first-order valence-electron chi connectivity index (χ1n) is 8.07. The molecule has 1 N–H and O–H groups in total. The third-order valence-corrected chi connectivity index (χ3v) is 6.06. The highest BCUT2D eigenvalue weighted by Crippen LogP contribution is 2.27. The molecule has 3 nitrogen and oxygen atoms in total. The zero-order chi connectivity index (χ0) is 14.5. The molecular weight excluding hydrogens is 298 g/mol. The quantitative estimate of drug-likeness (QED) is 0.839. The lowest BCUT2D eigenvalue weighted by atomic mass is 9.92.